The highest BCUT2D eigenvalue weighted by Crippen LogP contribution is 2.26. The van der Waals surface area contributed by atoms with Gasteiger partial charge in [0.2, 0.25) is 0 Å². The van der Waals surface area contributed by atoms with Gasteiger partial charge in [-0.25, -0.2) is 14.0 Å². The second kappa shape index (κ2) is 9.60. The minimum Gasteiger partial charge on any atom is -0.480 e. The summed E-state index contributed by atoms with van der Waals surface area (Å²) < 4.78 is 2.97. The molecule has 0 radical (unpaired) electrons. The molecular formula is C27H27N5O3. The number of piperazine rings is 1. The standard InChI is InChI=1S/C27H27N5O3/c1-29-27(35)32(25(28-29)21-10-6-3-7-11-21)23-14-12-22(13-15-23)30-16-18-31(19-17-30)24(26(33)34)20-8-4-2-5-9-20/h2-15,24H,16-19H2,1H3,(H,33,34). The number of rotatable bonds is 6. The van der Waals surface area contributed by atoms with Gasteiger partial charge in [0, 0.05) is 44.5 Å². The maximum Gasteiger partial charge on any atom is 0.350 e. The average molecular weight is 470 g/mol. The Balaban J connectivity index is 1.33. The minimum atomic E-state index is -0.829. The lowest BCUT2D eigenvalue weighted by Gasteiger charge is -2.39. The van der Waals surface area contributed by atoms with Crippen LogP contribution in [0.2, 0.25) is 0 Å². The fourth-order valence-corrected chi connectivity index (χ4v) is 4.67. The SMILES string of the molecule is Cn1nc(-c2ccccc2)n(-c2ccc(N3CCN(C(C(=O)O)c4ccccc4)CC3)cc2)c1=O. The van der Waals surface area contributed by atoms with Gasteiger partial charge in [0.15, 0.2) is 5.82 Å². The summed E-state index contributed by atoms with van der Waals surface area (Å²) in [6, 6.07) is 26.3. The van der Waals surface area contributed by atoms with Crippen molar-refractivity contribution in [2.75, 3.05) is 31.1 Å². The van der Waals surface area contributed by atoms with Crippen LogP contribution in [0, 0.1) is 0 Å². The van der Waals surface area contributed by atoms with Crippen molar-refractivity contribution in [1.82, 2.24) is 19.2 Å². The zero-order chi connectivity index (χ0) is 24.4. The number of carboxylic acid groups (broad SMARTS) is 1. The molecule has 0 saturated carbocycles. The summed E-state index contributed by atoms with van der Waals surface area (Å²) in [7, 11) is 1.65. The molecule has 8 heteroatoms. The van der Waals surface area contributed by atoms with Crippen molar-refractivity contribution in [3.63, 3.8) is 0 Å². The first-order valence-corrected chi connectivity index (χ1v) is 11.6. The number of hydrogen-bond acceptors (Lipinski definition) is 5. The lowest BCUT2D eigenvalue weighted by Crippen LogP contribution is -2.49. The normalized spacial score (nSPS) is 15.2. The third kappa shape index (κ3) is 4.48. The number of benzene rings is 3. The molecule has 35 heavy (non-hydrogen) atoms. The van der Waals surface area contributed by atoms with Crippen molar-refractivity contribution in [1.29, 1.82) is 0 Å². The molecule has 2 heterocycles. The van der Waals surface area contributed by atoms with Crippen LogP contribution in [0.5, 0.6) is 0 Å². The van der Waals surface area contributed by atoms with Crippen LogP contribution >= 0.6 is 0 Å². The van der Waals surface area contributed by atoms with Crippen molar-refractivity contribution in [2.24, 2.45) is 7.05 Å². The van der Waals surface area contributed by atoms with Crippen LogP contribution in [0.1, 0.15) is 11.6 Å². The van der Waals surface area contributed by atoms with Crippen molar-refractivity contribution >= 4 is 11.7 Å². The Morgan fingerprint density at radius 3 is 2.00 bits per heavy atom. The molecule has 1 aliphatic rings. The number of aryl methyl sites for hydroxylation is 1. The van der Waals surface area contributed by atoms with Gasteiger partial charge in [0.05, 0.1) is 5.69 Å². The van der Waals surface area contributed by atoms with E-state index in [0.29, 0.717) is 18.9 Å². The van der Waals surface area contributed by atoms with Gasteiger partial charge in [-0.1, -0.05) is 60.7 Å². The van der Waals surface area contributed by atoms with Crippen LogP contribution in [-0.4, -0.2) is 56.5 Å². The lowest BCUT2D eigenvalue weighted by atomic mass is 10.0. The van der Waals surface area contributed by atoms with E-state index in [1.165, 1.54) is 4.68 Å². The first kappa shape index (κ1) is 22.6. The van der Waals surface area contributed by atoms with Gasteiger partial charge in [-0.2, -0.15) is 0 Å². The van der Waals surface area contributed by atoms with Crippen LogP contribution in [-0.2, 0) is 11.8 Å². The third-order valence-electron chi connectivity index (χ3n) is 6.46. The van der Waals surface area contributed by atoms with Gasteiger partial charge in [-0.3, -0.25) is 9.69 Å². The molecule has 4 aromatic rings. The molecule has 1 N–H and O–H groups in total. The molecule has 178 valence electrons. The van der Waals surface area contributed by atoms with Gasteiger partial charge in [0.1, 0.15) is 6.04 Å². The first-order valence-electron chi connectivity index (χ1n) is 11.6. The largest absolute Gasteiger partial charge is 0.480 e. The monoisotopic (exact) mass is 469 g/mol. The summed E-state index contributed by atoms with van der Waals surface area (Å²) >= 11 is 0. The molecule has 1 saturated heterocycles. The van der Waals surface area contributed by atoms with Gasteiger partial charge < -0.3 is 10.0 Å². The van der Waals surface area contributed by atoms with Crippen LogP contribution in [0.15, 0.2) is 89.7 Å². The molecule has 3 aromatic carbocycles. The fourth-order valence-electron chi connectivity index (χ4n) is 4.67. The van der Waals surface area contributed by atoms with E-state index >= 15 is 0 Å². The zero-order valence-electron chi connectivity index (χ0n) is 19.5. The predicted molar refractivity (Wildman–Crippen MR) is 135 cm³/mol. The van der Waals surface area contributed by atoms with Crippen LogP contribution in [0.25, 0.3) is 17.1 Å². The second-order valence-corrected chi connectivity index (χ2v) is 8.62. The molecule has 0 amide bonds. The number of nitrogens with zero attached hydrogens (tertiary/aromatic N) is 5. The van der Waals surface area contributed by atoms with E-state index in [-0.39, 0.29) is 5.69 Å². The zero-order valence-corrected chi connectivity index (χ0v) is 19.5. The summed E-state index contributed by atoms with van der Waals surface area (Å²) in [4.78, 5) is 29.1. The Bertz CT molecular complexity index is 1360. The van der Waals surface area contributed by atoms with E-state index in [4.69, 9.17) is 0 Å². The fraction of sp³-hybridized carbons (Fsp3) is 0.222. The number of carboxylic acids is 1. The third-order valence-corrected chi connectivity index (χ3v) is 6.46. The Hall–Kier alpha value is -4.17. The van der Waals surface area contributed by atoms with E-state index in [2.05, 4.69) is 10.00 Å². The van der Waals surface area contributed by atoms with Gasteiger partial charge in [-0.05, 0) is 29.8 Å². The smallest absolute Gasteiger partial charge is 0.350 e. The van der Waals surface area contributed by atoms with Gasteiger partial charge in [-0.15, -0.1) is 5.10 Å². The summed E-state index contributed by atoms with van der Waals surface area (Å²) in [6.07, 6.45) is 0. The second-order valence-electron chi connectivity index (χ2n) is 8.62. The molecule has 1 unspecified atom stereocenters. The summed E-state index contributed by atoms with van der Waals surface area (Å²) in [6.45, 7) is 2.73. The van der Waals surface area contributed by atoms with Crippen LogP contribution in [0.4, 0.5) is 5.69 Å². The van der Waals surface area contributed by atoms with Crippen molar-refractivity contribution in [3.8, 4) is 17.1 Å². The maximum absolute atomic E-state index is 12.8. The number of aliphatic carboxylic acids is 1. The van der Waals surface area contributed by atoms with E-state index in [9.17, 15) is 14.7 Å². The Morgan fingerprint density at radius 1 is 0.829 bits per heavy atom. The van der Waals surface area contributed by atoms with Crippen molar-refractivity contribution < 1.29 is 9.90 Å². The Morgan fingerprint density at radius 2 is 1.40 bits per heavy atom. The number of anilines is 1. The Labute approximate surface area is 203 Å². The van der Waals surface area contributed by atoms with E-state index < -0.39 is 12.0 Å². The first-order chi connectivity index (χ1) is 17.0. The molecule has 5 rings (SSSR count). The molecule has 8 nitrogen and oxygen atoms in total. The number of carbonyl (C=O) groups is 1. The molecular weight excluding hydrogens is 442 g/mol. The quantitative estimate of drug-likeness (QED) is 0.467. The molecule has 0 bridgehead atoms. The summed E-state index contributed by atoms with van der Waals surface area (Å²) in [5, 5.41) is 14.3. The topological polar surface area (TPSA) is 83.6 Å². The Kier molecular flexibility index (Phi) is 6.20. The van der Waals surface area contributed by atoms with Gasteiger partial charge in [0.25, 0.3) is 0 Å². The van der Waals surface area contributed by atoms with Gasteiger partial charge >= 0.3 is 11.7 Å². The van der Waals surface area contributed by atoms with E-state index in [1.807, 2.05) is 89.8 Å². The van der Waals surface area contributed by atoms with Crippen LogP contribution < -0.4 is 10.6 Å². The van der Waals surface area contributed by atoms with Crippen molar-refractivity contribution in [3.05, 3.63) is 101 Å². The van der Waals surface area contributed by atoms with Crippen molar-refractivity contribution in [2.45, 2.75) is 6.04 Å². The predicted octanol–water partition coefficient (Wildman–Crippen LogP) is 3.19. The minimum absolute atomic E-state index is 0.203. The summed E-state index contributed by atoms with van der Waals surface area (Å²) in [5.74, 6) is -0.231. The number of aromatic nitrogens is 3. The molecule has 1 aromatic heterocycles. The lowest BCUT2D eigenvalue weighted by molar-refractivity contribution is -0.143. The highest BCUT2D eigenvalue weighted by Gasteiger charge is 2.30. The van der Waals surface area contributed by atoms with Crippen LogP contribution in [0.3, 0.4) is 0 Å². The maximum atomic E-state index is 12.8. The van der Waals surface area contributed by atoms with E-state index in [1.54, 1.807) is 11.6 Å². The summed E-state index contributed by atoms with van der Waals surface area (Å²) in [5.41, 5.74) is 3.26. The molecule has 0 spiro atoms. The number of hydrogen-bond donors (Lipinski definition) is 1. The molecule has 1 fully saturated rings. The van der Waals surface area contributed by atoms with E-state index in [0.717, 1.165) is 35.6 Å². The molecule has 1 atom stereocenters. The molecule has 1 aliphatic heterocycles. The highest BCUT2D eigenvalue weighted by molar-refractivity contribution is 5.75. The highest BCUT2D eigenvalue weighted by atomic mass is 16.4. The molecule has 0 aliphatic carbocycles. The average Bonchev–Trinajstić information content (AvgIpc) is 3.20.